The normalized spacial score (nSPS) is 13.9. The summed E-state index contributed by atoms with van der Waals surface area (Å²) in [4.78, 5) is 16.3. The van der Waals surface area contributed by atoms with Crippen LogP contribution >= 0.6 is 0 Å². The minimum atomic E-state index is -0.184. The van der Waals surface area contributed by atoms with Gasteiger partial charge in [0.2, 0.25) is 0 Å². The summed E-state index contributed by atoms with van der Waals surface area (Å²) < 4.78 is 2.27. The summed E-state index contributed by atoms with van der Waals surface area (Å²) in [7, 11) is 0. The molecule has 2 heterocycles. The van der Waals surface area contributed by atoms with Crippen LogP contribution in [0.15, 0.2) is 47.6 Å². The highest BCUT2D eigenvalue weighted by Crippen LogP contribution is 2.29. The van der Waals surface area contributed by atoms with E-state index in [1.807, 2.05) is 30.3 Å². The highest BCUT2D eigenvalue weighted by atomic mass is 16.2. The molecule has 2 aromatic carbocycles. The van der Waals surface area contributed by atoms with Crippen LogP contribution in [0.4, 0.5) is 0 Å². The molecule has 0 fully saturated rings. The van der Waals surface area contributed by atoms with Crippen LogP contribution in [-0.2, 0) is 19.4 Å². The van der Waals surface area contributed by atoms with Gasteiger partial charge in [-0.2, -0.15) is 5.10 Å². The number of carbonyl (C=O) groups is 1. The average molecular weight is 399 g/mol. The van der Waals surface area contributed by atoms with Crippen molar-refractivity contribution in [3.63, 3.8) is 0 Å². The van der Waals surface area contributed by atoms with Crippen molar-refractivity contribution in [2.75, 3.05) is 0 Å². The summed E-state index contributed by atoms with van der Waals surface area (Å²) in [5, 5.41) is 6.60. The second-order valence-corrected chi connectivity index (χ2v) is 8.01. The highest BCUT2D eigenvalue weighted by molar-refractivity contribution is 6.03. The summed E-state index contributed by atoms with van der Waals surface area (Å²) in [5.41, 5.74) is 10.6. The molecule has 4 aromatic rings. The Kier molecular flexibility index (Phi) is 4.66. The number of aromatic amines is 1. The molecule has 2 aromatic heterocycles. The quantitative estimate of drug-likeness (QED) is 0.365. The van der Waals surface area contributed by atoms with Crippen molar-refractivity contribution in [2.45, 2.75) is 46.1 Å². The van der Waals surface area contributed by atoms with Gasteiger partial charge in [0, 0.05) is 50.9 Å². The van der Waals surface area contributed by atoms with Crippen molar-refractivity contribution in [1.29, 1.82) is 0 Å². The summed E-state index contributed by atoms with van der Waals surface area (Å²) in [6.07, 6.45) is 6.39. The SMILES string of the molecule is CCn1c(C)c(/C=N\NC(=O)c2ccc3[nH]c4c(c3c2)CCCC4)c2ccccc21. The topological polar surface area (TPSA) is 62.2 Å². The molecule has 5 heteroatoms. The molecule has 0 saturated carbocycles. The molecule has 0 atom stereocenters. The molecule has 0 bridgehead atoms. The van der Waals surface area contributed by atoms with Crippen molar-refractivity contribution < 1.29 is 4.79 Å². The zero-order valence-electron chi connectivity index (χ0n) is 17.5. The van der Waals surface area contributed by atoms with Crippen LogP contribution in [-0.4, -0.2) is 21.7 Å². The van der Waals surface area contributed by atoms with E-state index in [0.29, 0.717) is 5.56 Å². The van der Waals surface area contributed by atoms with Crippen molar-refractivity contribution in [3.8, 4) is 0 Å². The molecule has 0 unspecified atom stereocenters. The maximum Gasteiger partial charge on any atom is 0.271 e. The molecule has 152 valence electrons. The van der Waals surface area contributed by atoms with Crippen LogP contribution in [0.5, 0.6) is 0 Å². The first-order valence-corrected chi connectivity index (χ1v) is 10.7. The molecule has 1 aliphatic carbocycles. The largest absolute Gasteiger partial charge is 0.358 e. The Morgan fingerprint density at radius 1 is 1.17 bits per heavy atom. The first kappa shape index (κ1) is 18.7. The number of benzene rings is 2. The molecule has 0 saturated heterocycles. The van der Waals surface area contributed by atoms with E-state index in [9.17, 15) is 4.79 Å². The summed E-state index contributed by atoms with van der Waals surface area (Å²) in [5.74, 6) is -0.184. The van der Waals surface area contributed by atoms with Gasteiger partial charge >= 0.3 is 0 Å². The van der Waals surface area contributed by atoms with Gasteiger partial charge in [0.05, 0.1) is 6.21 Å². The number of aromatic nitrogens is 2. The fourth-order valence-corrected chi connectivity index (χ4v) is 4.80. The smallest absolute Gasteiger partial charge is 0.271 e. The van der Waals surface area contributed by atoms with Crippen LogP contribution in [0.2, 0.25) is 0 Å². The van der Waals surface area contributed by atoms with Crippen molar-refractivity contribution in [1.82, 2.24) is 15.0 Å². The first-order chi connectivity index (χ1) is 14.7. The predicted octanol–water partition coefficient (Wildman–Crippen LogP) is 5.09. The maximum atomic E-state index is 12.7. The van der Waals surface area contributed by atoms with E-state index in [-0.39, 0.29) is 5.91 Å². The minimum Gasteiger partial charge on any atom is -0.358 e. The third kappa shape index (κ3) is 3.02. The number of aryl methyl sites for hydroxylation is 3. The lowest BCUT2D eigenvalue weighted by Crippen LogP contribution is -2.17. The van der Waals surface area contributed by atoms with Gasteiger partial charge in [0.25, 0.3) is 5.91 Å². The Bertz CT molecular complexity index is 1290. The number of nitrogens with zero attached hydrogens (tertiary/aromatic N) is 2. The lowest BCUT2D eigenvalue weighted by atomic mass is 9.95. The standard InChI is InChI=1S/C25H26N4O/c1-3-29-16(2)21(19-9-5-7-11-24(19)29)15-26-28-25(30)17-12-13-23-20(14-17)18-8-4-6-10-22(18)27-23/h5,7,9,11-15,27H,3-4,6,8,10H2,1-2H3,(H,28,30)/b26-15-. The van der Waals surface area contributed by atoms with Gasteiger partial charge in [-0.15, -0.1) is 0 Å². The molecule has 5 nitrogen and oxygen atoms in total. The number of carbonyl (C=O) groups excluding carboxylic acids is 1. The lowest BCUT2D eigenvalue weighted by molar-refractivity contribution is 0.0955. The van der Waals surface area contributed by atoms with E-state index in [4.69, 9.17) is 0 Å². The fraction of sp³-hybridized carbons (Fsp3) is 0.280. The molecule has 5 rings (SSSR count). The molecule has 30 heavy (non-hydrogen) atoms. The molecule has 0 aliphatic heterocycles. The number of hydrazone groups is 1. The average Bonchev–Trinajstić information content (AvgIpc) is 3.28. The zero-order valence-corrected chi connectivity index (χ0v) is 17.5. The number of para-hydroxylation sites is 1. The van der Waals surface area contributed by atoms with Crippen molar-refractivity contribution in [3.05, 3.63) is 70.5 Å². The van der Waals surface area contributed by atoms with E-state index in [2.05, 4.69) is 46.1 Å². The Morgan fingerprint density at radius 2 is 2.00 bits per heavy atom. The second-order valence-electron chi connectivity index (χ2n) is 8.01. The number of fused-ring (bicyclic) bond motifs is 4. The van der Waals surface area contributed by atoms with Gasteiger partial charge in [0.15, 0.2) is 0 Å². The molecule has 1 aliphatic rings. The number of H-pyrrole nitrogens is 1. The van der Waals surface area contributed by atoms with Crippen LogP contribution in [0.25, 0.3) is 21.8 Å². The van der Waals surface area contributed by atoms with Crippen LogP contribution in [0.3, 0.4) is 0 Å². The Morgan fingerprint density at radius 3 is 2.87 bits per heavy atom. The van der Waals surface area contributed by atoms with E-state index in [0.717, 1.165) is 41.5 Å². The maximum absolute atomic E-state index is 12.7. The van der Waals surface area contributed by atoms with Crippen LogP contribution in [0.1, 0.15) is 52.6 Å². The van der Waals surface area contributed by atoms with Crippen LogP contribution < -0.4 is 5.43 Å². The number of rotatable bonds is 4. The summed E-state index contributed by atoms with van der Waals surface area (Å²) in [6, 6.07) is 14.2. The first-order valence-electron chi connectivity index (χ1n) is 10.7. The molecule has 1 amide bonds. The third-order valence-corrected chi connectivity index (χ3v) is 6.32. The van der Waals surface area contributed by atoms with Gasteiger partial charge < -0.3 is 9.55 Å². The van der Waals surface area contributed by atoms with E-state index in [1.165, 1.54) is 35.0 Å². The lowest BCUT2D eigenvalue weighted by Gasteiger charge is -2.10. The molecular weight excluding hydrogens is 372 g/mol. The van der Waals surface area contributed by atoms with Crippen molar-refractivity contribution in [2.24, 2.45) is 5.10 Å². The number of hydrogen-bond acceptors (Lipinski definition) is 2. The van der Waals surface area contributed by atoms with E-state index < -0.39 is 0 Å². The predicted molar refractivity (Wildman–Crippen MR) is 122 cm³/mol. The second kappa shape index (κ2) is 7.48. The molecular formula is C25H26N4O. The number of nitrogens with one attached hydrogen (secondary N) is 2. The highest BCUT2D eigenvalue weighted by Gasteiger charge is 2.17. The Hall–Kier alpha value is -3.34. The Labute approximate surface area is 175 Å². The zero-order chi connectivity index (χ0) is 20.7. The molecule has 0 spiro atoms. The van der Waals surface area contributed by atoms with Gasteiger partial charge in [-0.05, 0) is 69.4 Å². The molecule has 2 N–H and O–H groups in total. The van der Waals surface area contributed by atoms with Gasteiger partial charge in [-0.25, -0.2) is 5.43 Å². The third-order valence-electron chi connectivity index (χ3n) is 6.32. The monoisotopic (exact) mass is 398 g/mol. The van der Waals surface area contributed by atoms with Crippen molar-refractivity contribution >= 4 is 33.9 Å². The summed E-state index contributed by atoms with van der Waals surface area (Å²) >= 11 is 0. The summed E-state index contributed by atoms with van der Waals surface area (Å²) in [6.45, 7) is 5.13. The Balaban J connectivity index is 1.41. The van der Waals surface area contributed by atoms with E-state index >= 15 is 0 Å². The van der Waals surface area contributed by atoms with E-state index in [1.54, 1.807) is 6.21 Å². The number of hydrogen-bond donors (Lipinski definition) is 2. The van der Waals surface area contributed by atoms with Gasteiger partial charge in [-0.1, -0.05) is 18.2 Å². The minimum absolute atomic E-state index is 0.184. The van der Waals surface area contributed by atoms with Gasteiger partial charge in [0.1, 0.15) is 0 Å². The fourth-order valence-electron chi connectivity index (χ4n) is 4.80. The molecule has 0 radical (unpaired) electrons. The van der Waals surface area contributed by atoms with Crippen LogP contribution in [0, 0.1) is 6.92 Å². The number of amides is 1. The van der Waals surface area contributed by atoms with Gasteiger partial charge in [-0.3, -0.25) is 4.79 Å².